The normalized spacial score (nSPS) is 18.9. The topological polar surface area (TPSA) is 69.8 Å². The van der Waals surface area contributed by atoms with Crippen molar-refractivity contribution in [1.82, 2.24) is 19.3 Å². The van der Waals surface area contributed by atoms with Gasteiger partial charge in [-0.15, -0.1) is 0 Å². The summed E-state index contributed by atoms with van der Waals surface area (Å²) < 4.78 is 54.5. The van der Waals surface area contributed by atoms with Crippen molar-refractivity contribution in [3.8, 4) is 22.5 Å². The summed E-state index contributed by atoms with van der Waals surface area (Å²) in [5.41, 5.74) is 2.29. The van der Waals surface area contributed by atoms with Crippen LogP contribution in [0.1, 0.15) is 19.4 Å². The Hall–Kier alpha value is -2.55. The third-order valence-corrected chi connectivity index (χ3v) is 6.57. The predicted molar refractivity (Wildman–Crippen MR) is 96.8 cm³/mol. The molecule has 0 saturated carbocycles. The maximum atomic E-state index is 13.8. The molecule has 2 aromatic heterocycles. The van der Waals surface area contributed by atoms with Crippen molar-refractivity contribution in [1.29, 1.82) is 0 Å². The van der Waals surface area contributed by atoms with Crippen LogP contribution in [0, 0.1) is 11.6 Å². The Bertz CT molecular complexity index is 1100. The van der Waals surface area contributed by atoms with E-state index in [-0.39, 0.29) is 17.5 Å². The molecule has 6 nitrogen and oxygen atoms in total. The second-order valence-electron chi connectivity index (χ2n) is 6.62. The quantitative estimate of drug-likeness (QED) is 0.684. The number of aryl methyl sites for hydroxylation is 1. The van der Waals surface area contributed by atoms with E-state index in [4.69, 9.17) is 0 Å². The Morgan fingerprint density at radius 1 is 1.22 bits per heavy atom. The van der Waals surface area contributed by atoms with E-state index in [0.29, 0.717) is 29.9 Å². The number of aromatic nitrogens is 4. The van der Waals surface area contributed by atoms with Gasteiger partial charge in [-0.2, -0.15) is 5.10 Å². The molecule has 1 fully saturated rings. The first kappa shape index (κ1) is 17.8. The number of hydrogen-bond donors (Lipinski definition) is 0. The van der Waals surface area contributed by atoms with Crippen molar-refractivity contribution in [2.24, 2.45) is 0 Å². The van der Waals surface area contributed by atoms with E-state index in [0.717, 1.165) is 17.7 Å². The van der Waals surface area contributed by atoms with E-state index in [1.54, 1.807) is 17.2 Å². The van der Waals surface area contributed by atoms with E-state index in [1.165, 1.54) is 6.07 Å². The second-order valence-corrected chi connectivity index (χ2v) is 8.85. The average molecular weight is 392 g/mol. The van der Waals surface area contributed by atoms with Crippen LogP contribution in [0.3, 0.4) is 0 Å². The Balaban J connectivity index is 1.87. The summed E-state index contributed by atoms with van der Waals surface area (Å²) in [6, 6.07) is 3.37. The number of hydrogen-bond acceptors (Lipinski definition) is 4. The lowest BCUT2D eigenvalue weighted by atomic mass is 10.1. The predicted octanol–water partition coefficient (Wildman–Crippen LogP) is 3.07. The molecule has 1 atom stereocenters. The van der Waals surface area contributed by atoms with Crippen molar-refractivity contribution in [3.05, 3.63) is 48.6 Å². The third kappa shape index (κ3) is 3.27. The molecule has 0 N–H and O–H groups in total. The summed E-state index contributed by atoms with van der Waals surface area (Å²) >= 11 is 0. The zero-order chi connectivity index (χ0) is 19.2. The molecule has 0 aliphatic carbocycles. The van der Waals surface area contributed by atoms with Crippen molar-refractivity contribution >= 4 is 9.84 Å². The molecule has 3 aromatic rings. The Morgan fingerprint density at radius 2 is 2.04 bits per heavy atom. The minimum absolute atomic E-state index is 0.0372. The highest BCUT2D eigenvalue weighted by Gasteiger charge is 2.32. The highest BCUT2D eigenvalue weighted by molar-refractivity contribution is 7.91. The number of halogens is 2. The standard InChI is InChI=1S/C18H18F2N4O2S/c1-2-23-9-13(8-22-23)18-17(12-3-4-15(19)16(20)7-12)21-11-24(18)14-5-6-27(25,26)10-14/h3-4,7-9,11,14H,2,5-6,10H2,1H3. The van der Waals surface area contributed by atoms with E-state index >= 15 is 0 Å². The number of sulfone groups is 1. The van der Waals surface area contributed by atoms with Gasteiger partial charge >= 0.3 is 0 Å². The largest absolute Gasteiger partial charge is 0.326 e. The van der Waals surface area contributed by atoms with Crippen LogP contribution in [0.4, 0.5) is 8.78 Å². The molecule has 0 spiro atoms. The summed E-state index contributed by atoms with van der Waals surface area (Å²) in [6.45, 7) is 2.63. The van der Waals surface area contributed by atoms with Crippen LogP contribution in [0.15, 0.2) is 36.9 Å². The average Bonchev–Trinajstić information content (AvgIpc) is 3.34. The second kappa shape index (κ2) is 6.56. The molecular formula is C18H18F2N4O2S. The highest BCUT2D eigenvalue weighted by Crippen LogP contribution is 2.36. The van der Waals surface area contributed by atoms with Gasteiger partial charge in [0.05, 0.1) is 41.5 Å². The Morgan fingerprint density at radius 3 is 2.67 bits per heavy atom. The maximum absolute atomic E-state index is 13.8. The minimum Gasteiger partial charge on any atom is -0.326 e. The van der Waals surface area contributed by atoms with Crippen LogP contribution < -0.4 is 0 Å². The summed E-state index contributed by atoms with van der Waals surface area (Å²) in [5, 5.41) is 4.28. The van der Waals surface area contributed by atoms with E-state index in [9.17, 15) is 17.2 Å². The zero-order valence-corrected chi connectivity index (χ0v) is 15.5. The van der Waals surface area contributed by atoms with Gasteiger partial charge < -0.3 is 4.57 Å². The first-order valence-corrected chi connectivity index (χ1v) is 10.5. The molecule has 0 amide bonds. The van der Waals surface area contributed by atoms with Crippen LogP contribution in [0.5, 0.6) is 0 Å². The molecule has 9 heteroatoms. The van der Waals surface area contributed by atoms with Gasteiger partial charge in [0.15, 0.2) is 21.5 Å². The van der Waals surface area contributed by atoms with Crippen LogP contribution in [0.25, 0.3) is 22.5 Å². The molecule has 142 valence electrons. The zero-order valence-electron chi connectivity index (χ0n) is 14.6. The van der Waals surface area contributed by atoms with Gasteiger partial charge in [0.25, 0.3) is 0 Å². The van der Waals surface area contributed by atoms with E-state index < -0.39 is 21.5 Å². The van der Waals surface area contributed by atoms with Gasteiger partial charge in [-0.05, 0) is 31.5 Å². The molecule has 0 bridgehead atoms. The number of nitrogens with zero attached hydrogens (tertiary/aromatic N) is 4. The molecule has 3 heterocycles. The lowest BCUT2D eigenvalue weighted by molar-refractivity contribution is 0.509. The lowest BCUT2D eigenvalue weighted by Gasteiger charge is -2.14. The number of imidazole rings is 1. The smallest absolute Gasteiger partial charge is 0.159 e. The summed E-state index contributed by atoms with van der Waals surface area (Å²) in [7, 11) is -3.09. The van der Waals surface area contributed by atoms with Crippen molar-refractivity contribution in [2.75, 3.05) is 11.5 Å². The summed E-state index contributed by atoms with van der Waals surface area (Å²) in [5.74, 6) is -1.72. The first-order valence-electron chi connectivity index (χ1n) is 8.63. The van der Waals surface area contributed by atoms with Crippen molar-refractivity contribution in [3.63, 3.8) is 0 Å². The molecular weight excluding hydrogens is 374 g/mol. The monoisotopic (exact) mass is 392 g/mol. The fourth-order valence-electron chi connectivity index (χ4n) is 3.43. The highest BCUT2D eigenvalue weighted by atomic mass is 32.2. The molecule has 1 saturated heterocycles. The van der Waals surface area contributed by atoms with E-state index in [1.807, 2.05) is 17.7 Å². The molecule has 27 heavy (non-hydrogen) atoms. The van der Waals surface area contributed by atoms with E-state index in [2.05, 4.69) is 10.1 Å². The Labute approximate surface area is 155 Å². The number of rotatable bonds is 4. The summed E-state index contributed by atoms with van der Waals surface area (Å²) in [4.78, 5) is 4.40. The lowest BCUT2D eigenvalue weighted by Crippen LogP contribution is -2.11. The fraction of sp³-hybridized carbons (Fsp3) is 0.333. The van der Waals surface area contributed by atoms with Crippen LogP contribution in [0.2, 0.25) is 0 Å². The molecule has 4 rings (SSSR count). The molecule has 1 aliphatic rings. The molecule has 1 unspecified atom stereocenters. The van der Waals surface area contributed by atoms with Gasteiger partial charge in [-0.25, -0.2) is 22.2 Å². The van der Waals surface area contributed by atoms with Gasteiger partial charge in [-0.1, -0.05) is 0 Å². The molecule has 1 aliphatic heterocycles. The fourth-order valence-corrected chi connectivity index (χ4v) is 5.14. The van der Waals surface area contributed by atoms with Gasteiger partial charge in [0.2, 0.25) is 0 Å². The van der Waals surface area contributed by atoms with Gasteiger partial charge in [0.1, 0.15) is 0 Å². The van der Waals surface area contributed by atoms with Crippen molar-refractivity contribution in [2.45, 2.75) is 25.9 Å². The molecule has 1 aromatic carbocycles. The summed E-state index contributed by atoms with van der Waals surface area (Å²) in [6.07, 6.45) is 5.57. The van der Waals surface area contributed by atoms with Crippen LogP contribution in [-0.4, -0.2) is 39.3 Å². The molecule has 0 radical (unpaired) electrons. The first-order chi connectivity index (χ1) is 12.9. The number of benzene rings is 1. The minimum atomic E-state index is -3.09. The van der Waals surface area contributed by atoms with Crippen LogP contribution >= 0.6 is 0 Å². The SMILES string of the molecule is CCn1cc(-c2c(-c3ccc(F)c(F)c3)ncn2C2CCS(=O)(=O)C2)cn1. The third-order valence-electron chi connectivity index (χ3n) is 4.82. The van der Waals surface area contributed by atoms with Crippen LogP contribution in [-0.2, 0) is 16.4 Å². The van der Waals surface area contributed by atoms with Gasteiger partial charge in [0, 0.05) is 23.9 Å². The maximum Gasteiger partial charge on any atom is 0.159 e. The van der Waals surface area contributed by atoms with Crippen molar-refractivity contribution < 1.29 is 17.2 Å². The van der Waals surface area contributed by atoms with Gasteiger partial charge in [-0.3, -0.25) is 4.68 Å². The Kier molecular flexibility index (Phi) is 4.33.